The molecule has 0 spiro atoms. The van der Waals surface area contributed by atoms with Crippen LogP contribution in [0.5, 0.6) is 5.75 Å². The highest BCUT2D eigenvalue weighted by molar-refractivity contribution is 6.01. The molecule has 41 heavy (non-hydrogen) atoms. The number of aliphatic hydroxyl groups is 1. The van der Waals surface area contributed by atoms with Crippen LogP contribution in [0.4, 0.5) is 0 Å². The molecular weight excluding hydrogens is 522 g/mol. The molecule has 0 aliphatic carbocycles. The molecule has 0 saturated carbocycles. The number of nitrogens with zero attached hydrogens (tertiary/aromatic N) is 1. The number of carbonyl (C=O) groups is 2. The Morgan fingerprint density at radius 2 is 1.61 bits per heavy atom. The van der Waals surface area contributed by atoms with E-state index in [0.29, 0.717) is 29.9 Å². The number of benzene rings is 3. The number of carbonyl (C=O) groups excluding carboxylic acids is 2. The average molecular weight is 560 g/mol. The minimum atomic E-state index is -1.52. The monoisotopic (exact) mass is 559 g/mol. The van der Waals surface area contributed by atoms with E-state index < -0.39 is 29.1 Å². The van der Waals surface area contributed by atoms with E-state index in [4.69, 9.17) is 30.2 Å². The number of hydrogen-bond acceptors (Lipinski definition) is 8. The summed E-state index contributed by atoms with van der Waals surface area (Å²) in [6.45, 7) is 5.80. The summed E-state index contributed by atoms with van der Waals surface area (Å²) >= 11 is 0. The highest BCUT2D eigenvalue weighted by Crippen LogP contribution is 2.43. The van der Waals surface area contributed by atoms with E-state index in [0.717, 1.165) is 11.1 Å². The summed E-state index contributed by atoms with van der Waals surface area (Å²) in [4.78, 5) is 31.0. The van der Waals surface area contributed by atoms with Crippen molar-refractivity contribution in [2.24, 2.45) is 10.8 Å². The summed E-state index contributed by atoms with van der Waals surface area (Å²) in [5.41, 5.74) is 3.46. The second-order valence-corrected chi connectivity index (χ2v) is 10.8. The van der Waals surface area contributed by atoms with E-state index in [-0.39, 0.29) is 25.3 Å². The maximum absolute atomic E-state index is 13.5. The third-order valence-corrected chi connectivity index (χ3v) is 6.61. The van der Waals surface area contributed by atoms with Crippen LogP contribution in [-0.2, 0) is 19.1 Å². The first-order chi connectivity index (χ1) is 19.6. The summed E-state index contributed by atoms with van der Waals surface area (Å²) in [6, 6.07) is 24.8. The van der Waals surface area contributed by atoms with Crippen molar-refractivity contribution in [3.8, 4) is 16.9 Å². The number of hydrazine groups is 1. The van der Waals surface area contributed by atoms with Crippen LogP contribution >= 0.6 is 0 Å². The minimum absolute atomic E-state index is 0.0158. The van der Waals surface area contributed by atoms with Crippen LogP contribution in [0.25, 0.3) is 11.1 Å². The van der Waals surface area contributed by atoms with Crippen LogP contribution < -0.4 is 16.0 Å². The molecule has 3 aromatic rings. The largest absolute Gasteiger partial charge is 0.494 e. The van der Waals surface area contributed by atoms with Gasteiger partial charge >= 0.3 is 5.97 Å². The van der Waals surface area contributed by atoms with Crippen LogP contribution in [0.2, 0.25) is 0 Å². The molecule has 0 bridgehead atoms. The Balaban J connectivity index is 1.69. The molecule has 0 aromatic heterocycles. The van der Waals surface area contributed by atoms with Gasteiger partial charge in [0.1, 0.15) is 11.4 Å². The molecule has 9 nitrogen and oxygen atoms in total. The maximum atomic E-state index is 13.5. The number of amides is 1. The van der Waals surface area contributed by atoms with E-state index in [2.05, 4.69) is 5.43 Å². The molecule has 0 saturated heterocycles. The Kier molecular flexibility index (Phi) is 9.42. The van der Waals surface area contributed by atoms with Crippen molar-refractivity contribution in [1.29, 1.82) is 0 Å². The normalized spacial score (nSPS) is 18.3. The van der Waals surface area contributed by atoms with Crippen molar-refractivity contribution in [3.63, 3.8) is 0 Å². The van der Waals surface area contributed by atoms with Gasteiger partial charge in [-0.1, -0.05) is 54.6 Å². The molecule has 1 amide bonds. The number of ether oxygens (including phenoxy) is 3. The predicted molar refractivity (Wildman–Crippen MR) is 156 cm³/mol. The first kappa shape index (κ1) is 29.8. The fourth-order valence-electron chi connectivity index (χ4n) is 4.66. The van der Waals surface area contributed by atoms with Gasteiger partial charge in [-0.05, 0) is 68.1 Å². The zero-order chi connectivity index (χ0) is 29.5. The molecule has 2 atom stereocenters. The second-order valence-electron chi connectivity index (χ2n) is 10.8. The smallest absolute Gasteiger partial charge is 0.306 e. The van der Waals surface area contributed by atoms with Gasteiger partial charge in [-0.25, -0.2) is 10.8 Å². The molecule has 4 N–H and O–H groups in total. The zero-order valence-electron chi connectivity index (χ0n) is 23.6. The first-order valence-electron chi connectivity index (χ1n) is 13.6. The van der Waals surface area contributed by atoms with Crippen molar-refractivity contribution in [3.05, 3.63) is 90.0 Å². The van der Waals surface area contributed by atoms with Gasteiger partial charge in [0, 0.05) is 25.0 Å². The van der Waals surface area contributed by atoms with E-state index in [9.17, 15) is 9.59 Å². The standard InChI is InChI=1S/C32H37N3O6/c1-31(2,3)41-27(37)18-19-32(30(38)35-33)28(24-12-10-23(11-13-24)22-8-5-4-6-9-22)40-29(34-32)25-14-16-26(17-15-25)39-21-7-20-36/h4-6,8-17,28,36H,7,18-21,33H2,1-3H3,(H,35,38)/t28-,32-/m0/s1. The van der Waals surface area contributed by atoms with Gasteiger partial charge in [-0.15, -0.1) is 0 Å². The van der Waals surface area contributed by atoms with Gasteiger partial charge in [0.25, 0.3) is 5.91 Å². The van der Waals surface area contributed by atoms with Crippen molar-refractivity contribution < 1.29 is 28.9 Å². The van der Waals surface area contributed by atoms with Crippen LogP contribution in [0.3, 0.4) is 0 Å². The SMILES string of the molecule is CC(C)(C)OC(=O)CC[C@]1(C(=O)NN)N=C(c2ccc(OCCCO)cc2)O[C@H]1c1ccc(-c2ccccc2)cc1. The minimum Gasteiger partial charge on any atom is -0.494 e. The van der Waals surface area contributed by atoms with E-state index >= 15 is 0 Å². The number of aliphatic imine (C=N–C) groups is 1. The molecule has 1 heterocycles. The van der Waals surface area contributed by atoms with Crippen molar-refractivity contribution >= 4 is 17.8 Å². The fraction of sp³-hybridized carbons (Fsp3) is 0.344. The van der Waals surface area contributed by atoms with Crippen molar-refractivity contribution in [2.75, 3.05) is 13.2 Å². The van der Waals surface area contributed by atoms with E-state index in [1.807, 2.05) is 54.6 Å². The van der Waals surface area contributed by atoms with Crippen molar-refractivity contribution in [1.82, 2.24) is 5.43 Å². The molecule has 1 aliphatic heterocycles. The number of aliphatic hydroxyl groups excluding tert-OH is 1. The lowest BCUT2D eigenvalue weighted by molar-refractivity contribution is -0.155. The Labute approximate surface area is 240 Å². The lowest BCUT2D eigenvalue weighted by Gasteiger charge is -2.30. The van der Waals surface area contributed by atoms with Crippen LogP contribution in [0.15, 0.2) is 83.9 Å². The van der Waals surface area contributed by atoms with Gasteiger partial charge in [-0.3, -0.25) is 15.0 Å². The second kappa shape index (κ2) is 13.0. The number of nitrogens with one attached hydrogen (secondary N) is 1. The molecular formula is C32H37N3O6. The molecule has 9 heteroatoms. The molecule has 0 fully saturated rings. The summed E-state index contributed by atoms with van der Waals surface area (Å²) < 4.78 is 17.5. The number of rotatable bonds is 11. The third kappa shape index (κ3) is 7.31. The summed E-state index contributed by atoms with van der Waals surface area (Å²) in [5, 5.41) is 8.99. The molecule has 1 aliphatic rings. The number of esters is 1. The molecule has 0 unspecified atom stereocenters. The lowest BCUT2D eigenvalue weighted by atomic mass is 9.83. The first-order valence-corrected chi connectivity index (χ1v) is 13.6. The Morgan fingerprint density at radius 3 is 2.22 bits per heavy atom. The Morgan fingerprint density at radius 1 is 0.976 bits per heavy atom. The molecule has 216 valence electrons. The summed E-state index contributed by atoms with van der Waals surface area (Å²) in [5.74, 6) is 5.53. The van der Waals surface area contributed by atoms with Crippen LogP contribution in [0.1, 0.15) is 57.3 Å². The van der Waals surface area contributed by atoms with E-state index in [1.165, 1.54) is 0 Å². The van der Waals surface area contributed by atoms with Gasteiger partial charge < -0.3 is 19.3 Å². The van der Waals surface area contributed by atoms with Gasteiger partial charge in [0.15, 0.2) is 11.6 Å². The predicted octanol–water partition coefficient (Wildman–Crippen LogP) is 4.48. The molecule has 0 radical (unpaired) electrons. The van der Waals surface area contributed by atoms with Crippen molar-refractivity contribution in [2.45, 2.75) is 57.3 Å². The summed E-state index contributed by atoms with van der Waals surface area (Å²) in [7, 11) is 0. The zero-order valence-corrected chi connectivity index (χ0v) is 23.6. The Bertz CT molecular complexity index is 1350. The van der Waals surface area contributed by atoms with Gasteiger partial charge in [-0.2, -0.15) is 0 Å². The quantitative estimate of drug-likeness (QED) is 0.104. The lowest BCUT2D eigenvalue weighted by Crippen LogP contribution is -2.51. The Hall–Kier alpha value is -4.21. The maximum Gasteiger partial charge on any atom is 0.306 e. The molecule has 3 aromatic carbocycles. The van der Waals surface area contributed by atoms with Gasteiger partial charge in [0.2, 0.25) is 5.90 Å². The topological polar surface area (TPSA) is 132 Å². The fourth-order valence-corrected chi connectivity index (χ4v) is 4.66. The van der Waals surface area contributed by atoms with Crippen LogP contribution in [0, 0.1) is 0 Å². The van der Waals surface area contributed by atoms with Crippen LogP contribution in [-0.4, -0.2) is 47.2 Å². The number of nitrogens with two attached hydrogens (primary N) is 1. The molecule has 4 rings (SSSR count). The number of hydrogen-bond donors (Lipinski definition) is 3. The average Bonchev–Trinajstić information content (AvgIpc) is 3.37. The summed E-state index contributed by atoms with van der Waals surface area (Å²) in [6.07, 6.45) is -0.381. The third-order valence-electron chi connectivity index (χ3n) is 6.61. The van der Waals surface area contributed by atoms with E-state index in [1.54, 1.807) is 45.0 Å². The van der Waals surface area contributed by atoms with Gasteiger partial charge in [0.05, 0.1) is 6.61 Å². The highest BCUT2D eigenvalue weighted by Gasteiger charge is 2.53. The highest BCUT2D eigenvalue weighted by atomic mass is 16.6.